The molecule has 0 N–H and O–H groups in total. The van der Waals surface area contributed by atoms with E-state index in [1.165, 1.54) is 11.3 Å². The van der Waals surface area contributed by atoms with Gasteiger partial charge in [0, 0.05) is 11.4 Å². The van der Waals surface area contributed by atoms with Gasteiger partial charge in [-0.25, -0.2) is 4.99 Å². The Morgan fingerprint density at radius 1 is 1.00 bits per heavy atom. The molecule has 3 rings (SSSR count). The van der Waals surface area contributed by atoms with Crippen molar-refractivity contribution < 1.29 is 4.74 Å². The van der Waals surface area contributed by atoms with E-state index in [9.17, 15) is 0 Å². The average Bonchev–Trinajstić information content (AvgIpc) is 2.99. The van der Waals surface area contributed by atoms with Gasteiger partial charge < -0.3 is 9.30 Å². The minimum atomic E-state index is 0.334. The van der Waals surface area contributed by atoms with Gasteiger partial charge in [-0.2, -0.15) is 0 Å². The molecule has 0 aliphatic rings. The van der Waals surface area contributed by atoms with Gasteiger partial charge in [-0.3, -0.25) is 0 Å². The van der Waals surface area contributed by atoms with Crippen LogP contribution in [0.2, 0.25) is 0 Å². The highest BCUT2D eigenvalue weighted by Gasteiger charge is 2.11. The number of para-hydroxylation sites is 1. The summed E-state index contributed by atoms with van der Waals surface area (Å²) in [4.78, 5) is 5.81. The fraction of sp³-hybridized carbons (Fsp3) is 0.211. The molecule has 0 saturated heterocycles. The zero-order valence-corrected chi connectivity index (χ0v) is 14.4. The van der Waals surface area contributed by atoms with E-state index in [2.05, 4.69) is 35.9 Å². The van der Waals surface area contributed by atoms with Crippen molar-refractivity contribution in [3.05, 3.63) is 64.8 Å². The highest BCUT2D eigenvalue weighted by molar-refractivity contribution is 7.07. The summed E-state index contributed by atoms with van der Waals surface area (Å²) in [5.74, 6) is 0.870. The van der Waals surface area contributed by atoms with Crippen molar-refractivity contribution in [2.75, 3.05) is 7.11 Å². The second kappa shape index (κ2) is 6.84. The van der Waals surface area contributed by atoms with Crippen LogP contribution >= 0.6 is 11.3 Å². The molecule has 0 spiro atoms. The summed E-state index contributed by atoms with van der Waals surface area (Å²) in [5, 5.41) is 2.17. The third kappa shape index (κ3) is 3.37. The Morgan fingerprint density at radius 2 is 1.70 bits per heavy atom. The number of rotatable bonds is 4. The Hall–Kier alpha value is -2.33. The Balaban J connectivity index is 2.10. The molecule has 0 unspecified atom stereocenters. The minimum absolute atomic E-state index is 0.334. The zero-order chi connectivity index (χ0) is 16.2. The molecule has 23 heavy (non-hydrogen) atoms. The van der Waals surface area contributed by atoms with E-state index in [0.717, 1.165) is 16.2 Å². The average molecular weight is 324 g/mol. The van der Waals surface area contributed by atoms with E-state index < -0.39 is 0 Å². The van der Waals surface area contributed by atoms with Crippen molar-refractivity contribution in [1.82, 2.24) is 4.57 Å². The normalized spacial score (nSPS) is 11.9. The van der Waals surface area contributed by atoms with Crippen molar-refractivity contribution in [1.29, 1.82) is 0 Å². The van der Waals surface area contributed by atoms with Gasteiger partial charge in [0.15, 0.2) is 4.80 Å². The number of benzene rings is 2. The molecule has 3 nitrogen and oxygen atoms in total. The molecule has 3 aromatic rings. The van der Waals surface area contributed by atoms with Gasteiger partial charge in [0.1, 0.15) is 5.75 Å². The van der Waals surface area contributed by atoms with E-state index in [1.807, 2.05) is 42.5 Å². The first-order valence-electron chi connectivity index (χ1n) is 7.63. The van der Waals surface area contributed by atoms with E-state index >= 15 is 0 Å². The number of ether oxygens (including phenoxy) is 1. The van der Waals surface area contributed by atoms with Gasteiger partial charge in [-0.15, -0.1) is 11.3 Å². The molecule has 0 amide bonds. The lowest BCUT2D eigenvalue weighted by molar-refractivity contribution is 0.415. The molecule has 0 atom stereocenters. The topological polar surface area (TPSA) is 26.5 Å². The SMILES string of the molecule is COc1ccc(-c2csc(=Nc3ccccc3)n2C(C)C)cc1. The summed E-state index contributed by atoms with van der Waals surface area (Å²) in [7, 11) is 1.69. The van der Waals surface area contributed by atoms with Crippen LogP contribution in [0.5, 0.6) is 5.75 Å². The van der Waals surface area contributed by atoms with Crippen LogP contribution in [0, 0.1) is 0 Å². The summed E-state index contributed by atoms with van der Waals surface area (Å²) in [5.41, 5.74) is 3.33. The summed E-state index contributed by atoms with van der Waals surface area (Å²) < 4.78 is 7.52. The number of thiazole rings is 1. The van der Waals surface area contributed by atoms with E-state index in [-0.39, 0.29) is 0 Å². The number of nitrogens with zero attached hydrogens (tertiary/aromatic N) is 2. The summed E-state index contributed by atoms with van der Waals surface area (Å²) in [6.45, 7) is 4.37. The largest absolute Gasteiger partial charge is 0.497 e. The molecule has 4 heteroatoms. The van der Waals surface area contributed by atoms with Gasteiger partial charge in [-0.1, -0.05) is 18.2 Å². The summed E-state index contributed by atoms with van der Waals surface area (Å²) in [6, 6.07) is 18.6. The van der Waals surface area contributed by atoms with Crippen molar-refractivity contribution in [3.8, 4) is 17.0 Å². The quantitative estimate of drug-likeness (QED) is 0.660. The van der Waals surface area contributed by atoms with Crippen LogP contribution in [0.1, 0.15) is 19.9 Å². The molecule has 0 radical (unpaired) electrons. The lowest BCUT2D eigenvalue weighted by atomic mass is 10.1. The lowest BCUT2D eigenvalue weighted by Gasteiger charge is -2.13. The maximum Gasteiger partial charge on any atom is 0.190 e. The number of hydrogen-bond acceptors (Lipinski definition) is 3. The third-order valence-corrected chi connectivity index (χ3v) is 4.46. The molecule has 0 bridgehead atoms. The highest BCUT2D eigenvalue weighted by atomic mass is 32.1. The smallest absolute Gasteiger partial charge is 0.190 e. The van der Waals surface area contributed by atoms with Crippen LogP contribution in [0.25, 0.3) is 11.3 Å². The van der Waals surface area contributed by atoms with Crippen LogP contribution in [0.4, 0.5) is 5.69 Å². The molecule has 0 fully saturated rings. The van der Waals surface area contributed by atoms with Crippen molar-refractivity contribution >= 4 is 17.0 Å². The molecule has 0 aliphatic carbocycles. The van der Waals surface area contributed by atoms with E-state index in [0.29, 0.717) is 6.04 Å². The van der Waals surface area contributed by atoms with Crippen LogP contribution in [-0.2, 0) is 0 Å². The first-order valence-corrected chi connectivity index (χ1v) is 8.51. The Bertz CT molecular complexity index is 830. The van der Waals surface area contributed by atoms with Crippen LogP contribution in [-0.4, -0.2) is 11.7 Å². The van der Waals surface area contributed by atoms with E-state index in [1.54, 1.807) is 18.4 Å². The minimum Gasteiger partial charge on any atom is -0.497 e. The van der Waals surface area contributed by atoms with Gasteiger partial charge in [0.2, 0.25) is 0 Å². The second-order valence-electron chi connectivity index (χ2n) is 5.54. The fourth-order valence-electron chi connectivity index (χ4n) is 2.49. The maximum atomic E-state index is 5.24. The van der Waals surface area contributed by atoms with Crippen molar-refractivity contribution in [2.45, 2.75) is 19.9 Å². The van der Waals surface area contributed by atoms with Gasteiger partial charge >= 0.3 is 0 Å². The highest BCUT2D eigenvalue weighted by Crippen LogP contribution is 2.25. The molecule has 0 saturated carbocycles. The van der Waals surface area contributed by atoms with Crippen LogP contribution in [0.3, 0.4) is 0 Å². The summed E-state index contributed by atoms with van der Waals surface area (Å²) >= 11 is 1.67. The van der Waals surface area contributed by atoms with Crippen molar-refractivity contribution in [3.63, 3.8) is 0 Å². The molecule has 1 heterocycles. The number of aromatic nitrogens is 1. The maximum absolute atomic E-state index is 5.24. The van der Waals surface area contributed by atoms with Gasteiger partial charge in [0.05, 0.1) is 18.5 Å². The summed E-state index contributed by atoms with van der Waals surface area (Å²) in [6.07, 6.45) is 0. The fourth-order valence-corrected chi connectivity index (χ4v) is 3.53. The Morgan fingerprint density at radius 3 is 2.30 bits per heavy atom. The molecule has 2 aromatic carbocycles. The third-order valence-electron chi connectivity index (χ3n) is 3.62. The lowest BCUT2D eigenvalue weighted by Crippen LogP contribution is -2.17. The number of methoxy groups -OCH3 is 1. The first-order chi connectivity index (χ1) is 11.2. The predicted molar refractivity (Wildman–Crippen MR) is 96.3 cm³/mol. The molecule has 1 aromatic heterocycles. The first kappa shape index (κ1) is 15.6. The van der Waals surface area contributed by atoms with Crippen molar-refractivity contribution in [2.24, 2.45) is 4.99 Å². The molecular weight excluding hydrogens is 304 g/mol. The van der Waals surface area contributed by atoms with Gasteiger partial charge in [-0.05, 0) is 55.8 Å². The van der Waals surface area contributed by atoms with Crippen LogP contribution in [0.15, 0.2) is 65.0 Å². The zero-order valence-electron chi connectivity index (χ0n) is 13.6. The molecular formula is C19H20N2OS. The standard InChI is InChI=1S/C19H20N2OS/c1-14(2)21-18(15-9-11-17(22-3)12-10-15)13-23-19(21)20-16-7-5-4-6-8-16/h4-14H,1-3H3. The van der Waals surface area contributed by atoms with Gasteiger partial charge in [0.25, 0.3) is 0 Å². The predicted octanol–water partition coefficient (Wildman–Crippen LogP) is 5.04. The monoisotopic (exact) mass is 324 g/mol. The second-order valence-corrected chi connectivity index (χ2v) is 6.38. The molecule has 0 aliphatic heterocycles. The van der Waals surface area contributed by atoms with Crippen LogP contribution < -0.4 is 9.54 Å². The number of hydrogen-bond donors (Lipinski definition) is 0. The Kier molecular flexibility index (Phi) is 4.63. The molecule has 118 valence electrons. The Labute approximate surface area is 140 Å². The van der Waals surface area contributed by atoms with E-state index in [4.69, 9.17) is 9.73 Å².